The number of para-hydroxylation sites is 1. The van der Waals surface area contributed by atoms with E-state index in [0.29, 0.717) is 22.0 Å². The van der Waals surface area contributed by atoms with Gasteiger partial charge in [0.1, 0.15) is 12.6 Å². The molecule has 1 aliphatic rings. The smallest absolute Gasteiger partial charge is 0.264 e. The van der Waals surface area contributed by atoms with E-state index in [4.69, 9.17) is 34.8 Å². The fraction of sp³-hybridized carbons (Fsp3) is 0.355. The Morgan fingerprint density at radius 1 is 0.929 bits per heavy atom. The van der Waals surface area contributed by atoms with Crippen LogP contribution in [0, 0.1) is 6.92 Å². The summed E-state index contributed by atoms with van der Waals surface area (Å²) < 4.78 is 29.0. The zero-order valence-electron chi connectivity index (χ0n) is 23.5. The van der Waals surface area contributed by atoms with E-state index in [1.54, 1.807) is 54.6 Å². The molecule has 11 heteroatoms. The lowest BCUT2D eigenvalue weighted by atomic mass is 10.1. The first-order valence-electron chi connectivity index (χ1n) is 13.9. The number of rotatable bonds is 11. The summed E-state index contributed by atoms with van der Waals surface area (Å²) in [6.07, 6.45) is 4.17. The lowest BCUT2D eigenvalue weighted by molar-refractivity contribution is -0.140. The molecule has 1 N–H and O–H groups in total. The summed E-state index contributed by atoms with van der Waals surface area (Å²) in [7, 11) is -4.22. The molecule has 0 radical (unpaired) electrons. The third kappa shape index (κ3) is 7.59. The van der Waals surface area contributed by atoms with Gasteiger partial charge in [0, 0.05) is 12.6 Å². The first-order valence-corrected chi connectivity index (χ1v) is 16.5. The summed E-state index contributed by atoms with van der Waals surface area (Å²) in [6.45, 7) is 3.12. The molecule has 3 aromatic rings. The van der Waals surface area contributed by atoms with Crippen molar-refractivity contribution in [3.8, 4) is 0 Å². The summed E-state index contributed by atoms with van der Waals surface area (Å²) in [5.74, 6) is -0.839. The first-order chi connectivity index (χ1) is 20.0. The van der Waals surface area contributed by atoms with E-state index in [2.05, 4.69) is 5.32 Å². The van der Waals surface area contributed by atoms with Gasteiger partial charge in [0.15, 0.2) is 0 Å². The average Bonchev–Trinajstić information content (AvgIpc) is 3.47. The van der Waals surface area contributed by atoms with Crippen LogP contribution in [0.4, 0.5) is 5.69 Å². The van der Waals surface area contributed by atoms with E-state index in [-0.39, 0.29) is 34.1 Å². The van der Waals surface area contributed by atoms with Crippen molar-refractivity contribution in [3.05, 3.63) is 92.9 Å². The van der Waals surface area contributed by atoms with Crippen molar-refractivity contribution in [2.45, 2.75) is 69.5 Å². The van der Waals surface area contributed by atoms with E-state index < -0.39 is 28.5 Å². The minimum absolute atomic E-state index is 0.0165. The van der Waals surface area contributed by atoms with Crippen molar-refractivity contribution in [3.63, 3.8) is 0 Å². The van der Waals surface area contributed by atoms with E-state index in [1.807, 2.05) is 13.8 Å². The van der Waals surface area contributed by atoms with E-state index >= 15 is 0 Å². The first kappa shape index (κ1) is 32.1. The molecule has 0 heterocycles. The Morgan fingerprint density at radius 2 is 1.60 bits per heavy atom. The maximum atomic E-state index is 14.2. The van der Waals surface area contributed by atoms with Crippen LogP contribution in [0.15, 0.2) is 71.6 Å². The number of aryl methyl sites for hydroxylation is 1. The average molecular weight is 651 g/mol. The van der Waals surface area contributed by atoms with Gasteiger partial charge in [-0.15, -0.1) is 0 Å². The van der Waals surface area contributed by atoms with Gasteiger partial charge in [-0.1, -0.05) is 90.5 Å². The Hall–Kier alpha value is -2.78. The summed E-state index contributed by atoms with van der Waals surface area (Å²) >= 11 is 18.9. The number of carbonyl (C=O) groups is 2. The Morgan fingerprint density at radius 3 is 2.21 bits per heavy atom. The topological polar surface area (TPSA) is 86.8 Å². The van der Waals surface area contributed by atoms with Gasteiger partial charge in [-0.05, 0) is 68.1 Å². The fourth-order valence-electron chi connectivity index (χ4n) is 5.13. The lowest BCUT2D eigenvalue weighted by Crippen LogP contribution is -2.53. The molecule has 0 unspecified atom stereocenters. The molecule has 1 atom stereocenters. The molecule has 1 aliphatic carbocycles. The molecule has 4 rings (SSSR count). The van der Waals surface area contributed by atoms with Gasteiger partial charge in [0.25, 0.3) is 10.0 Å². The third-order valence-corrected chi connectivity index (χ3v) is 10.3. The van der Waals surface area contributed by atoms with Crippen LogP contribution in [0.5, 0.6) is 0 Å². The molecule has 42 heavy (non-hydrogen) atoms. The van der Waals surface area contributed by atoms with Gasteiger partial charge >= 0.3 is 0 Å². The van der Waals surface area contributed by atoms with Crippen LogP contribution < -0.4 is 9.62 Å². The minimum Gasteiger partial charge on any atom is -0.352 e. The highest BCUT2D eigenvalue weighted by Crippen LogP contribution is 2.31. The number of amides is 2. The van der Waals surface area contributed by atoms with Gasteiger partial charge in [0.05, 0.1) is 25.7 Å². The number of halogens is 3. The van der Waals surface area contributed by atoms with Gasteiger partial charge in [-0.3, -0.25) is 13.9 Å². The number of carbonyl (C=O) groups excluding carboxylic acids is 2. The summed E-state index contributed by atoms with van der Waals surface area (Å²) in [5, 5.41) is 3.93. The third-order valence-electron chi connectivity index (χ3n) is 7.43. The number of nitrogens with zero attached hydrogens (tertiary/aromatic N) is 2. The van der Waals surface area contributed by atoms with Gasteiger partial charge < -0.3 is 10.2 Å². The van der Waals surface area contributed by atoms with Crippen LogP contribution in [0.3, 0.4) is 0 Å². The number of hydrogen-bond acceptors (Lipinski definition) is 4. The zero-order valence-corrected chi connectivity index (χ0v) is 26.6. The second-order valence-electron chi connectivity index (χ2n) is 10.5. The summed E-state index contributed by atoms with van der Waals surface area (Å²) in [5.41, 5.74) is 1.70. The minimum atomic E-state index is -4.22. The largest absolute Gasteiger partial charge is 0.352 e. The fourth-order valence-corrected chi connectivity index (χ4v) is 7.17. The number of anilines is 1. The lowest BCUT2D eigenvalue weighted by Gasteiger charge is -2.34. The molecule has 224 valence electrons. The normalized spacial score (nSPS) is 14.4. The highest BCUT2D eigenvalue weighted by atomic mass is 35.5. The number of nitrogens with one attached hydrogen (secondary N) is 1. The molecule has 0 aromatic heterocycles. The number of sulfonamides is 1. The Labute approximate surface area is 262 Å². The van der Waals surface area contributed by atoms with Crippen molar-refractivity contribution in [1.82, 2.24) is 10.2 Å². The Balaban J connectivity index is 1.73. The molecular weight excluding hydrogens is 617 g/mol. The predicted molar refractivity (Wildman–Crippen MR) is 169 cm³/mol. The van der Waals surface area contributed by atoms with Gasteiger partial charge in [-0.25, -0.2) is 8.42 Å². The van der Waals surface area contributed by atoms with E-state index in [1.165, 1.54) is 17.0 Å². The van der Waals surface area contributed by atoms with Crippen molar-refractivity contribution in [1.29, 1.82) is 0 Å². The molecule has 2 amide bonds. The highest BCUT2D eigenvalue weighted by Gasteiger charge is 2.35. The second-order valence-corrected chi connectivity index (χ2v) is 13.5. The Bertz CT molecular complexity index is 1530. The van der Waals surface area contributed by atoms with Crippen LogP contribution in [0.25, 0.3) is 0 Å². The predicted octanol–water partition coefficient (Wildman–Crippen LogP) is 7.02. The SMILES string of the molecule is CC[C@H](C(=O)NC1CCCC1)N(Cc1ccc(Cl)c(Cl)c1)C(=O)CN(c1ccccc1Cl)S(=O)(=O)c1ccc(C)cc1. The maximum Gasteiger partial charge on any atom is 0.264 e. The van der Waals surface area contributed by atoms with Crippen molar-refractivity contribution < 1.29 is 18.0 Å². The summed E-state index contributed by atoms with van der Waals surface area (Å²) in [4.78, 5) is 29.2. The van der Waals surface area contributed by atoms with Gasteiger partial charge in [0.2, 0.25) is 11.8 Å². The van der Waals surface area contributed by atoms with Crippen molar-refractivity contribution >= 4 is 62.3 Å². The number of benzene rings is 3. The molecule has 0 aliphatic heterocycles. The van der Waals surface area contributed by atoms with Crippen LogP contribution in [0.1, 0.15) is 50.2 Å². The highest BCUT2D eigenvalue weighted by molar-refractivity contribution is 7.92. The maximum absolute atomic E-state index is 14.2. The van der Waals surface area contributed by atoms with E-state index in [0.717, 1.165) is 35.6 Å². The summed E-state index contributed by atoms with van der Waals surface area (Å²) in [6, 6.07) is 17.0. The standard InChI is InChI=1S/C31H34Cl3N3O4S/c1-3-28(31(39)35-23-8-4-5-9-23)36(19-22-14-17-25(32)27(34)18-22)30(38)20-37(29-11-7-6-10-26(29)33)42(40,41)24-15-12-21(2)13-16-24/h6-7,10-18,23,28H,3-5,8-9,19-20H2,1-2H3,(H,35,39)/t28-/m1/s1. The second kappa shape index (κ2) is 14.1. The monoisotopic (exact) mass is 649 g/mol. The van der Waals surface area contributed by atoms with Crippen molar-refractivity contribution in [2.24, 2.45) is 0 Å². The van der Waals surface area contributed by atoms with Crippen LogP contribution in [-0.4, -0.2) is 43.8 Å². The van der Waals surface area contributed by atoms with Crippen molar-refractivity contribution in [2.75, 3.05) is 10.8 Å². The number of hydrogen-bond donors (Lipinski definition) is 1. The molecule has 0 saturated heterocycles. The molecule has 1 saturated carbocycles. The quantitative estimate of drug-likeness (QED) is 0.242. The van der Waals surface area contributed by atoms with Gasteiger partial charge in [-0.2, -0.15) is 0 Å². The zero-order chi connectivity index (χ0) is 30.4. The molecule has 0 spiro atoms. The molecular formula is C31H34Cl3N3O4S. The van der Waals surface area contributed by atoms with Crippen LogP contribution in [0.2, 0.25) is 15.1 Å². The molecule has 7 nitrogen and oxygen atoms in total. The molecule has 1 fully saturated rings. The van der Waals surface area contributed by atoms with Crippen LogP contribution in [-0.2, 0) is 26.2 Å². The molecule has 0 bridgehead atoms. The van der Waals surface area contributed by atoms with Crippen LogP contribution >= 0.6 is 34.8 Å². The Kier molecular flexibility index (Phi) is 10.8. The van der Waals surface area contributed by atoms with E-state index in [9.17, 15) is 18.0 Å². The molecule has 3 aromatic carbocycles.